The topological polar surface area (TPSA) is 67.4 Å². The maximum Gasteiger partial charge on any atom is 0.263 e. The van der Waals surface area contributed by atoms with E-state index in [9.17, 15) is 9.59 Å². The molecule has 0 radical (unpaired) electrons. The van der Waals surface area contributed by atoms with Crippen molar-refractivity contribution in [1.29, 1.82) is 0 Å². The molecule has 0 atom stereocenters. The molecule has 27 heavy (non-hydrogen) atoms. The minimum atomic E-state index is -0.598. The number of benzene rings is 2. The average molecular weight is 442 g/mol. The van der Waals surface area contributed by atoms with Crippen molar-refractivity contribution in [2.24, 2.45) is 0 Å². The molecule has 1 fully saturated rings. The maximum atomic E-state index is 11.9. The fourth-order valence-corrected chi connectivity index (χ4v) is 3.23. The first-order chi connectivity index (χ1) is 12.8. The summed E-state index contributed by atoms with van der Waals surface area (Å²) in [4.78, 5) is 23.8. The standard InChI is InChI=1S/C18H11Cl3N2O3S/c19-11-3-1-9(2-4-11)8-26-15-13(20)6-10(7-14(15)21)5-12-16(24)22-18(27)23-17(12)25/h1-7H,8H2,(H2,22,23,24,25,27). The van der Waals surface area contributed by atoms with Gasteiger partial charge in [0.2, 0.25) is 0 Å². The van der Waals surface area contributed by atoms with E-state index < -0.39 is 11.8 Å². The van der Waals surface area contributed by atoms with Gasteiger partial charge < -0.3 is 4.74 Å². The quantitative estimate of drug-likeness (QED) is 0.425. The number of rotatable bonds is 4. The number of ether oxygens (including phenoxy) is 1. The maximum absolute atomic E-state index is 11.9. The van der Waals surface area contributed by atoms with Crippen molar-refractivity contribution in [2.75, 3.05) is 0 Å². The molecule has 1 heterocycles. The second-order valence-electron chi connectivity index (χ2n) is 5.52. The smallest absolute Gasteiger partial charge is 0.263 e. The van der Waals surface area contributed by atoms with E-state index in [0.29, 0.717) is 16.3 Å². The number of hydrogen-bond donors (Lipinski definition) is 2. The summed E-state index contributed by atoms with van der Waals surface area (Å²) in [5.74, 6) is -0.896. The fraction of sp³-hybridized carbons (Fsp3) is 0.0556. The largest absolute Gasteiger partial charge is 0.486 e. The van der Waals surface area contributed by atoms with Gasteiger partial charge in [0.1, 0.15) is 12.2 Å². The van der Waals surface area contributed by atoms with Gasteiger partial charge in [0.05, 0.1) is 10.0 Å². The predicted octanol–water partition coefficient (Wildman–Crippen LogP) is 4.14. The van der Waals surface area contributed by atoms with Crippen molar-refractivity contribution < 1.29 is 14.3 Å². The highest BCUT2D eigenvalue weighted by molar-refractivity contribution is 7.80. The van der Waals surface area contributed by atoms with Crippen LogP contribution < -0.4 is 15.4 Å². The zero-order valence-corrected chi connectivity index (χ0v) is 16.6. The van der Waals surface area contributed by atoms with Gasteiger partial charge >= 0.3 is 0 Å². The Morgan fingerprint density at radius 2 is 1.52 bits per heavy atom. The van der Waals surface area contributed by atoms with Gasteiger partial charge in [-0.15, -0.1) is 0 Å². The van der Waals surface area contributed by atoms with Gasteiger partial charge in [0.25, 0.3) is 11.8 Å². The lowest BCUT2D eigenvalue weighted by atomic mass is 10.1. The van der Waals surface area contributed by atoms with Crippen LogP contribution in [0, 0.1) is 0 Å². The van der Waals surface area contributed by atoms with Gasteiger partial charge in [-0.25, -0.2) is 0 Å². The van der Waals surface area contributed by atoms with Crippen LogP contribution in [0.25, 0.3) is 6.08 Å². The van der Waals surface area contributed by atoms with Gasteiger partial charge in [-0.3, -0.25) is 20.2 Å². The molecule has 2 N–H and O–H groups in total. The van der Waals surface area contributed by atoms with E-state index in [0.717, 1.165) is 5.56 Å². The third-order valence-corrected chi connectivity index (χ3v) is 4.59. The van der Waals surface area contributed by atoms with E-state index in [2.05, 4.69) is 10.6 Å². The second-order valence-corrected chi connectivity index (χ2v) is 7.18. The number of carbonyl (C=O) groups excluding carboxylic acids is 2. The minimum Gasteiger partial charge on any atom is -0.486 e. The molecule has 0 bridgehead atoms. The van der Waals surface area contributed by atoms with Gasteiger partial charge in [0, 0.05) is 5.02 Å². The highest BCUT2D eigenvalue weighted by Gasteiger charge is 2.25. The molecule has 0 saturated carbocycles. The van der Waals surface area contributed by atoms with Crippen LogP contribution in [0.5, 0.6) is 5.75 Å². The first-order valence-corrected chi connectivity index (χ1v) is 9.12. The summed E-state index contributed by atoms with van der Waals surface area (Å²) in [6, 6.07) is 10.3. The van der Waals surface area contributed by atoms with Crippen molar-refractivity contribution in [3.63, 3.8) is 0 Å². The average Bonchev–Trinajstić information content (AvgIpc) is 2.59. The fourth-order valence-electron chi connectivity index (χ4n) is 2.31. The second kappa shape index (κ2) is 8.27. The molecule has 9 heteroatoms. The number of nitrogens with one attached hydrogen (secondary N) is 2. The Balaban J connectivity index is 1.81. The molecule has 1 aliphatic heterocycles. The third kappa shape index (κ3) is 4.78. The summed E-state index contributed by atoms with van der Waals surface area (Å²) < 4.78 is 5.69. The Bertz CT molecular complexity index is 929. The van der Waals surface area contributed by atoms with E-state index in [1.165, 1.54) is 6.08 Å². The number of thiocarbonyl (C=S) groups is 1. The molecule has 0 aliphatic carbocycles. The number of amides is 2. The summed E-state index contributed by atoms with van der Waals surface area (Å²) in [5.41, 5.74) is 1.26. The Morgan fingerprint density at radius 1 is 0.963 bits per heavy atom. The summed E-state index contributed by atoms with van der Waals surface area (Å²) >= 11 is 23.1. The molecule has 0 spiro atoms. The van der Waals surface area contributed by atoms with Crippen LogP contribution in [-0.4, -0.2) is 16.9 Å². The van der Waals surface area contributed by atoms with Crippen molar-refractivity contribution in [3.05, 3.63) is 68.2 Å². The van der Waals surface area contributed by atoms with Crippen molar-refractivity contribution in [3.8, 4) is 5.75 Å². The van der Waals surface area contributed by atoms with Crippen molar-refractivity contribution >= 4 is 70.0 Å². The van der Waals surface area contributed by atoms with Gasteiger partial charge in [-0.2, -0.15) is 0 Å². The molecule has 138 valence electrons. The monoisotopic (exact) mass is 440 g/mol. The van der Waals surface area contributed by atoms with Crippen LogP contribution in [0.1, 0.15) is 11.1 Å². The molecule has 1 saturated heterocycles. The van der Waals surface area contributed by atoms with Crippen LogP contribution in [0.2, 0.25) is 15.1 Å². The van der Waals surface area contributed by atoms with Crippen LogP contribution >= 0.6 is 47.0 Å². The molecule has 2 amide bonds. The van der Waals surface area contributed by atoms with E-state index in [1.54, 1.807) is 24.3 Å². The van der Waals surface area contributed by atoms with Crippen LogP contribution in [0.3, 0.4) is 0 Å². The summed E-state index contributed by atoms with van der Waals surface area (Å²) in [6.45, 7) is 0.249. The minimum absolute atomic E-state index is 0.0378. The highest BCUT2D eigenvalue weighted by Crippen LogP contribution is 2.35. The SMILES string of the molecule is O=C1NC(=S)NC(=O)C1=Cc1cc(Cl)c(OCc2ccc(Cl)cc2)c(Cl)c1. The lowest BCUT2D eigenvalue weighted by Gasteiger charge is -2.16. The zero-order chi connectivity index (χ0) is 19.6. The summed E-state index contributed by atoms with van der Waals surface area (Å²) in [6.07, 6.45) is 1.37. The van der Waals surface area contributed by atoms with Crippen molar-refractivity contribution in [2.45, 2.75) is 6.61 Å². The van der Waals surface area contributed by atoms with Crippen LogP contribution in [0.15, 0.2) is 42.0 Å². The Hall–Kier alpha value is -2.12. The summed E-state index contributed by atoms with van der Waals surface area (Å²) in [5, 5.41) is 5.79. The van der Waals surface area contributed by atoms with Crippen LogP contribution in [-0.2, 0) is 16.2 Å². The Labute approximate surface area is 175 Å². The van der Waals surface area contributed by atoms with Gasteiger partial charge in [-0.05, 0) is 53.7 Å². The first-order valence-electron chi connectivity index (χ1n) is 7.58. The lowest BCUT2D eigenvalue weighted by molar-refractivity contribution is -0.123. The van der Waals surface area contributed by atoms with E-state index >= 15 is 0 Å². The Morgan fingerprint density at radius 3 is 2.07 bits per heavy atom. The molecule has 2 aromatic rings. The Kier molecular flexibility index (Phi) is 6.01. The molecule has 3 rings (SSSR count). The van der Waals surface area contributed by atoms with E-state index in [4.69, 9.17) is 51.8 Å². The molecule has 0 unspecified atom stereocenters. The highest BCUT2D eigenvalue weighted by atomic mass is 35.5. The molecular formula is C18H11Cl3N2O3S. The van der Waals surface area contributed by atoms with E-state index in [1.807, 2.05) is 12.1 Å². The lowest BCUT2D eigenvalue weighted by Crippen LogP contribution is -2.51. The molecular weight excluding hydrogens is 431 g/mol. The predicted molar refractivity (Wildman–Crippen MR) is 109 cm³/mol. The molecule has 0 aromatic heterocycles. The summed E-state index contributed by atoms with van der Waals surface area (Å²) in [7, 11) is 0. The van der Waals surface area contributed by atoms with E-state index in [-0.39, 0.29) is 27.3 Å². The normalized spacial score (nSPS) is 13.9. The zero-order valence-electron chi connectivity index (χ0n) is 13.5. The molecule has 2 aromatic carbocycles. The van der Waals surface area contributed by atoms with Crippen molar-refractivity contribution in [1.82, 2.24) is 10.6 Å². The first kappa shape index (κ1) is 19.6. The van der Waals surface area contributed by atoms with Crippen LogP contribution in [0.4, 0.5) is 0 Å². The molecule has 5 nitrogen and oxygen atoms in total. The van der Waals surface area contributed by atoms with Gasteiger partial charge in [0.15, 0.2) is 10.9 Å². The third-order valence-electron chi connectivity index (χ3n) is 3.57. The number of carbonyl (C=O) groups is 2. The van der Waals surface area contributed by atoms with Gasteiger partial charge in [-0.1, -0.05) is 46.9 Å². The number of hydrogen-bond acceptors (Lipinski definition) is 4. The number of halogens is 3. The molecule has 1 aliphatic rings.